The lowest BCUT2D eigenvalue weighted by atomic mass is 10.1. The molecule has 0 spiro atoms. The van der Waals surface area contributed by atoms with Gasteiger partial charge in [0.25, 0.3) is 5.91 Å². The second-order valence-electron chi connectivity index (χ2n) is 4.43. The summed E-state index contributed by atoms with van der Waals surface area (Å²) in [5.41, 5.74) is 1.77. The largest absolute Gasteiger partial charge is 0.378 e. The highest BCUT2D eigenvalue weighted by Gasteiger charge is 2.11. The van der Waals surface area contributed by atoms with E-state index >= 15 is 0 Å². The molecule has 0 fully saturated rings. The number of nitrogens with zero attached hydrogens (tertiary/aromatic N) is 1. The Morgan fingerprint density at radius 3 is 2.47 bits per heavy atom. The van der Waals surface area contributed by atoms with Gasteiger partial charge in [-0.1, -0.05) is 19.9 Å². The van der Waals surface area contributed by atoms with Crippen LogP contribution in [-0.4, -0.2) is 26.0 Å². The van der Waals surface area contributed by atoms with E-state index in [1.165, 1.54) is 0 Å². The third kappa shape index (κ3) is 3.77. The Kier molecular flexibility index (Phi) is 5.01. The van der Waals surface area contributed by atoms with Crippen LogP contribution in [0.15, 0.2) is 24.3 Å². The summed E-state index contributed by atoms with van der Waals surface area (Å²) in [5.74, 6) is 0.0161. The van der Waals surface area contributed by atoms with Gasteiger partial charge < -0.3 is 10.2 Å². The number of carbonyl (C=O) groups excluding carboxylic acids is 1. The molecule has 94 valence electrons. The molecular weight excluding hydrogens is 212 g/mol. The summed E-state index contributed by atoms with van der Waals surface area (Å²) in [6, 6.07) is 7.94. The van der Waals surface area contributed by atoms with E-state index in [1.807, 2.05) is 43.3 Å². The second-order valence-corrected chi connectivity index (χ2v) is 4.43. The molecule has 1 aromatic carbocycles. The van der Waals surface area contributed by atoms with Crippen molar-refractivity contribution in [3.05, 3.63) is 29.8 Å². The zero-order valence-electron chi connectivity index (χ0n) is 11.2. The average molecular weight is 234 g/mol. The van der Waals surface area contributed by atoms with Crippen molar-refractivity contribution in [2.75, 3.05) is 19.0 Å². The van der Waals surface area contributed by atoms with E-state index in [2.05, 4.69) is 19.2 Å². The van der Waals surface area contributed by atoms with Crippen LogP contribution in [0.3, 0.4) is 0 Å². The highest BCUT2D eigenvalue weighted by Crippen LogP contribution is 2.13. The maximum Gasteiger partial charge on any atom is 0.251 e. The van der Waals surface area contributed by atoms with Crippen LogP contribution >= 0.6 is 0 Å². The maximum atomic E-state index is 12.0. The van der Waals surface area contributed by atoms with Crippen molar-refractivity contribution in [1.82, 2.24) is 5.32 Å². The fourth-order valence-corrected chi connectivity index (χ4v) is 1.69. The summed E-state index contributed by atoms with van der Waals surface area (Å²) < 4.78 is 0. The van der Waals surface area contributed by atoms with E-state index in [-0.39, 0.29) is 11.9 Å². The van der Waals surface area contributed by atoms with Gasteiger partial charge in [-0.15, -0.1) is 0 Å². The lowest BCUT2D eigenvalue weighted by Crippen LogP contribution is -2.33. The van der Waals surface area contributed by atoms with E-state index in [9.17, 15) is 4.79 Å². The first-order valence-corrected chi connectivity index (χ1v) is 6.16. The fraction of sp³-hybridized carbons (Fsp3) is 0.500. The smallest absolute Gasteiger partial charge is 0.251 e. The molecule has 0 unspecified atom stereocenters. The molecule has 0 aliphatic carbocycles. The average Bonchev–Trinajstić information content (AvgIpc) is 2.35. The lowest BCUT2D eigenvalue weighted by Gasteiger charge is -2.16. The summed E-state index contributed by atoms with van der Waals surface area (Å²) >= 11 is 0. The quantitative estimate of drug-likeness (QED) is 0.849. The summed E-state index contributed by atoms with van der Waals surface area (Å²) in [7, 11) is 3.94. The van der Waals surface area contributed by atoms with Crippen molar-refractivity contribution in [3.8, 4) is 0 Å². The van der Waals surface area contributed by atoms with Crippen molar-refractivity contribution in [2.24, 2.45) is 0 Å². The third-order valence-corrected chi connectivity index (χ3v) is 2.95. The maximum absolute atomic E-state index is 12.0. The predicted octanol–water partition coefficient (Wildman–Crippen LogP) is 2.67. The molecule has 0 aliphatic rings. The summed E-state index contributed by atoms with van der Waals surface area (Å²) in [4.78, 5) is 14.0. The molecule has 0 saturated carbocycles. The van der Waals surface area contributed by atoms with Gasteiger partial charge in [0.05, 0.1) is 0 Å². The Morgan fingerprint density at radius 1 is 1.29 bits per heavy atom. The Labute approximate surface area is 104 Å². The van der Waals surface area contributed by atoms with Crippen molar-refractivity contribution in [1.29, 1.82) is 0 Å². The monoisotopic (exact) mass is 234 g/mol. The number of amides is 1. The first-order chi connectivity index (χ1) is 8.08. The number of carbonyl (C=O) groups is 1. The van der Waals surface area contributed by atoms with Gasteiger partial charge in [-0.3, -0.25) is 4.79 Å². The molecule has 0 saturated heterocycles. The zero-order valence-corrected chi connectivity index (χ0v) is 11.2. The Balaban J connectivity index is 2.78. The van der Waals surface area contributed by atoms with Gasteiger partial charge in [0.2, 0.25) is 0 Å². The van der Waals surface area contributed by atoms with Gasteiger partial charge in [0.15, 0.2) is 0 Å². The van der Waals surface area contributed by atoms with Crippen LogP contribution in [0.2, 0.25) is 0 Å². The van der Waals surface area contributed by atoms with Crippen LogP contribution in [0.4, 0.5) is 5.69 Å². The van der Waals surface area contributed by atoms with E-state index in [0.29, 0.717) is 0 Å². The molecular formula is C14H22N2O. The third-order valence-electron chi connectivity index (χ3n) is 2.95. The van der Waals surface area contributed by atoms with Gasteiger partial charge in [0.1, 0.15) is 0 Å². The topological polar surface area (TPSA) is 32.3 Å². The summed E-state index contributed by atoms with van der Waals surface area (Å²) in [6.45, 7) is 4.18. The molecule has 3 nitrogen and oxygen atoms in total. The molecule has 0 aromatic heterocycles. The predicted molar refractivity (Wildman–Crippen MR) is 72.6 cm³/mol. The lowest BCUT2D eigenvalue weighted by molar-refractivity contribution is 0.0935. The Morgan fingerprint density at radius 2 is 1.94 bits per heavy atom. The standard InChI is InChI=1S/C14H22N2O/c1-5-12(6-2)15-14(17)11-8-7-9-13(10-11)16(3)4/h7-10,12H,5-6H2,1-4H3,(H,15,17). The molecule has 0 heterocycles. The van der Waals surface area contributed by atoms with Gasteiger partial charge >= 0.3 is 0 Å². The van der Waals surface area contributed by atoms with Gasteiger partial charge in [-0.05, 0) is 31.0 Å². The number of nitrogens with one attached hydrogen (secondary N) is 1. The van der Waals surface area contributed by atoms with Crippen LogP contribution < -0.4 is 10.2 Å². The second kappa shape index (κ2) is 6.28. The first-order valence-electron chi connectivity index (χ1n) is 6.16. The van der Waals surface area contributed by atoms with Crippen molar-refractivity contribution in [3.63, 3.8) is 0 Å². The van der Waals surface area contributed by atoms with Crippen LogP contribution in [0.25, 0.3) is 0 Å². The zero-order chi connectivity index (χ0) is 12.8. The fourth-order valence-electron chi connectivity index (χ4n) is 1.69. The molecule has 1 N–H and O–H groups in total. The molecule has 0 bridgehead atoms. The Bertz CT molecular complexity index is 370. The van der Waals surface area contributed by atoms with E-state index in [4.69, 9.17) is 0 Å². The normalized spacial score (nSPS) is 10.4. The number of anilines is 1. The minimum absolute atomic E-state index is 0.0161. The Hall–Kier alpha value is -1.51. The minimum Gasteiger partial charge on any atom is -0.378 e. The van der Waals surface area contributed by atoms with Gasteiger partial charge in [-0.25, -0.2) is 0 Å². The number of hydrogen-bond donors (Lipinski definition) is 1. The molecule has 0 atom stereocenters. The van der Waals surface area contributed by atoms with Crippen LogP contribution in [0.5, 0.6) is 0 Å². The van der Waals surface area contributed by atoms with Crippen LogP contribution in [0, 0.1) is 0 Å². The van der Waals surface area contributed by atoms with Crippen molar-refractivity contribution in [2.45, 2.75) is 32.7 Å². The highest BCUT2D eigenvalue weighted by atomic mass is 16.1. The molecule has 0 radical (unpaired) electrons. The molecule has 17 heavy (non-hydrogen) atoms. The van der Waals surface area contributed by atoms with Gasteiger partial charge in [0, 0.05) is 31.4 Å². The molecule has 1 rings (SSSR count). The highest BCUT2D eigenvalue weighted by molar-refractivity contribution is 5.95. The number of benzene rings is 1. The van der Waals surface area contributed by atoms with Crippen LogP contribution in [0.1, 0.15) is 37.0 Å². The van der Waals surface area contributed by atoms with Crippen molar-refractivity contribution >= 4 is 11.6 Å². The molecule has 1 aromatic rings. The molecule has 1 amide bonds. The minimum atomic E-state index is 0.0161. The van der Waals surface area contributed by atoms with Crippen LogP contribution in [-0.2, 0) is 0 Å². The van der Waals surface area contributed by atoms with E-state index in [0.717, 1.165) is 24.1 Å². The number of rotatable bonds is 5. The number of hydrogen-bond acceptors (Lipinski definition) is 2. The molecule has 0 aliphatic heterocycles. The first kappa shape index (κ1) is 13.6. The summed E-state index contributed by atoms with van der Waals surface area (Å²) in [5, 5.41) is 3.04. The SMILES string of the molecule is CCC(CC)NC(=O)c1cccc(N(C)C)c1. The van der Waals surface area contributed by atoms with Crippen molar-refractivity contribution < 1.29 is 4.79 Å². The molecule has 3 heteroatoms. The van der Waals surface area contributed by atoms with E-state index < -0.39 is 0 Å². The van der Waals surface area contributed by atoms with Gasteiger partial charge in [-0.2, -0.15) is 0 Å². The van der Waals surface area contributed by atoms with E-state index in [1.54, 1.807) is 0 Å². The summed E-state index contributed by atoms with van der Waals surface area (Å²) in [6.07, 6.45) is 1.94.